The second-order valence-corrected chi connectivity index (χ2v) is 7.53. The van der Waals surface area contributed by atoms with Crippen molar-refractivity contribution in [2.24, 2.45) is 0 Å². The zero-order valence-corrected chi connectivity index (χ0v) is 14.3. The van der Waals surface area contributed by atoms with Crippen molar-refractivity contribution in [1.29, 1.82) is 0 Å². The molecule has 1 N–H and O–H groups in total. The molecule has 1 unspecified atom stereocenters. The van der Waals surface area contributed by atoms with Crippen LogP contribution in [0.3, 0.4) is 0 Å². The molecule has 0 radical (unpaired) electrons. The van der Waals surface area contributed by atoms with Crippen LogP contribution in [-0.4, -0.2) is 51.7 Å². The molecule has 0 aliphatic carbocycles. The van der Waals surface area contributed by atoms with Crippen molar-refractivity contribution in [3.8, 4) is 0 Å². The Hall–Kier alpha value is -1.14. The zero-order chi connectivity index (χ0) is 15.9. The van der Waals surface area contributed by atoms with Crippen molar-refractivity contribution in [3.63, 3.8) is 0 Å². The van der Waals surface area contributed by atoms with Gasteiger partial charge in [0.1, 0.15) is 0 Å². The minimum atomic E-state index is -0.835. The highest BCUT2D eigenvalue weighted by Crippen LogP contribution is 2.21. The van der Waals surface area contributed by atoms with Gasteiger partial charge in [0.05, 0.1) is 18.2 Å². The molecular formula is C16H21NO3S2. The molecule has 1 heterocycles. The molecule has 1 aliphatic heterocycles. The van der Waals surface area contributed by atoms with Gasteiger partial charge in [0.2, 0.25) is 5.91 Å². The van der Waals surface area contributed by atoms with E-state index in [0.29, 0.717) is 12.3 Å². The summed E-state index contributed by atoms with van der Waals surface area (Å²) in [6.07, 6.45) is 0.0429. The molecule has 6 heteroatoms. The van der Waals surface area contributed by atoms with Crippen molar-refractivity contribution in [1.82, 2.24) is 4.90 Å². The van der Waals surface area contributed by atoms with E-state index in [1.807, 2.05) is 6.07 Å². The summed E-state index contributed by atoms with van der Waals surface area (Å²) in [5, 5.41) is 8.96. The highest BCUT2D eigenvalue weighted by Gasteiger charge is 2.28. The summed E-state index contributed by atoms with van der Waals surface area (Å²) in [6.45, 7) is 2.72. The predicted octanol–water partition coefficient (Wildman–Crippen LogP) is 2.65. The first-order chi connectivity index (χ1) is 10.6. The predicted molar refractivity (Wildman–Crippen MR) is 92.4 cm³/mol. The lowest BCUT2D eigenvalue weighted by Gasteiger charge is -2.34. The first-order valence-corrected chi connectivity index (χ1v) is 9.59. The number of amides is 1. The number of carboxylic acid groups (broad SMARTS) is 1. The van der Waals surface area contributed by atoms with E-state index in [1.165, 1.54) is 11.1 Å². The fourth-order valence-corrected chi connectivity index (χ4v) is 4.41. The van der Waals surface area contributed by atoms with Gasteiger partial charge in [-0.1, -0.05) is 29.8 Å². The number of carboxylic acids is 1. The van der Waals surface area contributed by atoms with Crippen LogP contribution in [0.25, 0.3) is 0 Å². The van der Waals surface area contributed by atoms with E-state index in [4.69, 9.17) is 5.11 Å². The minimum Gasteiger partial charge on any atom is -0.481 e. The van der Waals surface area contributed by atoms with E-state index < -0.39 is 5.97 Å². The monoisotopic (exact) mass is 339 g/mol. The van der Waals surface area contributed by atoms with Gasteiger partial charge in [0, 0.05) is 23.8 Å². The van der Waals surface area contributed by atoms with Gasteiger partial charge in [-0.2, -0.15) is 11.8 Å². The summed E-state index contributed by atoms with van der Waals surface area (Å²) in [6, 6.07) is 8.11. The molecule has 0 spiro atoms. The van der Waals surface area contributed by atoms with E-state index in [2.05, 4.69) is 25.1 Å². The summed E-state index contributed by atoms with van der Waals surface area (Å²) >= 11 is 3.32. The third-order valence-electron chi connectivity index (χ3n) is 3.53. The number of carbonyl (C=O) groups is 2. The summed E-state index contributed by atoms with van der Waals surface area (Å²) in [5.74, 6) is 2.06. The molecule has 1 atom stereocenters. The number of aryl methyl sites for hydroxylation is 1. The summed E-state index contributed by atoms with van der Waals surface area (Å²) in [7, 11) is 0. The zero-order valence-electron chi connectivity index (χ0n) is 12.7. The highest BCUT2D eigenvalue weighted by molar-refractivity contribution is 7.99. The fourth-order valence-electron chi connectivity index (χ4n) is 2.49. The molecule has 1 aliphatic rings. The Kier molecular flexibility index (Phi) is 6.64. The molecule has 1 aromatic rings. The van der Waals surface area contributed by atoms with Gasteiger partial charge in [0.15, 0.2) is 0 Å². The van der Waals surface area contributed by atoms with Crippen LogP contribution in [-0.2, 0) is 15.3 Å². The maximum absolute atomic E-state index is 12.4. The average molecular weight is 339 g/mol. The molecule has 2 rings (SSSR count). The highest BCUT2D eigenvalue weighted by atomic mass is 32.2. The first-order valence-electron chi connectivity index (χ1n) is 7.28. The molecule has 1 amide bonds. The van der Waals surface area contributed by atoms with E-state index in [0.717, 1.165) is 17.3 Å². The smallest absolute Gasteiger partial charge is 0.305 e. The van der Waals surface area contributed by atoms with Crippen molar-refractivity contribution in [2.75, 3.05) is 23.8 Å². The van der Waals surface area contributed by atoms with E-state index in [9.17, 15) is 9.59 Å². The number of hydrogen-bond acceptors (Lipinski definition) is 4. The quantitative estimate of drug-likeness (QED) is 0.863. The Morgan fingerprint density at radius 2 is 2.27 bits per heavy atom. The second-order valence-electron chi connectivity index (χ2n) is 5.40. The number of nitrogens with zero attached hydrogens (tertiary/aromatic N) is 1. The number of aliphatic carboxylic acids is 1. The molecule has 1 fully saturated rings. The van der Waals surface area contributed by atoms with Gasteiger partial charge in [-0.25, -0.2) is 0 Å². The third kappa shape index (κ3) is 5.25. The molecule has 0 bridgehead atoms. The molecule has 0 saturated carbocycles. The van der Waals surface area contributed by atoms with Crippen LogP contribution in [0.2, 0.25) is 0 Å². The Balaban J connectivity index is 1.83. The molecular weight excluding hydrogens is 318 g/mol. The molecule has 120 valence electrons. The number of hydrogen-bond donors (Lipinski definition) is 1. The van der Waals surface area contributed by atoms with E-state index in [1.54, 1.807) is 28.4 Å². The number of thioether (sulfide) groups is 2. The standard InChI is InChI=1S/C16H21NO3S2/c1-12-3-2-4-13(7-12)9-22-11-15(18)17-5-6-21-10-14(17)8-16(19)20/h2-4,7,14H,5-6,8-11H2,1H3,(H,19,20). The van der Waals surface area contributed by atoms with Crippen LogP contribution in [0.4, 0.5) is 0 Å². The maximum atomic E-state index is 12.4. The fraction of sp³-hybridized carbons (Fsp3) is 0.500. The lowest BCUT2D eigenvalue weighted by molar-refractivity contribution is -0.139. The van der Waals surface area contributed by atoms with Crippen LogP contribution in [0.1, 0.15) is 17.5 Å². The van der Waals surface area contributed by atoms with Crippen molar-refractivity contribution in [2.45, 2.75) is 25.1 Å². The van der Waals surface area contributed by atoms with Gasteiger partial charge in [-0.15, -0.1) is 11.8 Å². The topological polar surface area (TPSA) is 57.6 Å². The van der Waals surface area contributed by atoms with Crippen molar-refractivity contribution in [3.05, 3.63) is 35.4 Å². The molecule has 0 aromatic heterocycles. The van der Waals surface area contributed by atoms with Crippen LogP contribution in [0.15, 0.2) is 24.3 Å². The molecule has 4 nitrogen and oxygen atoms in total. The normalized spacial score (nSPS) is 18.2. The lowest BCUT2D eigenvalue weighted by atomic mass is 10.2. The summed E-state index contributed by atoms with van der Waals surface area (Å²) in [5.41, 5.74) is 2.44. The largest absolute Gasteiger partial charge is 0.481 e. The lowest BCUT2D eigenvalue weighted by Crippen LogP contribution is -2.47. The Morgan fingerprint density at radius 1 is 1.45 bits per heavy atom. The Labute approximate surface area is 139 Å². The Bertz CT molecular complexity index is 536. The maximum Gasteiger partial charge on any atom is 0.305 e. The summed E-state index contributed by atoms with van der Waals surface area (Å²) < 4.78 is 0. The van der Waals surface area contributed by atoms with Crippen LogP contribution in [0.5, 0.6) is 0 Å². The van der Waals surface area contributed by atoms with Crippen molar-refractivity contribution >= 4 is 35.4 Å². The van der Waals surface area contributed by atoms with E-state index >= 15 is 0 Å². The minimum absolute atomic E-state index is 0.0429. The number of carbonyl (C=O) groups excluding carboxylic acids is 1. The number of rotatable bonds is 6. The first kappa shape index (κ1) is 17.2. The van der Waals surface area contributed by atoms with Gasteiger partial charge in [-0.05, 0) is 12.5 Å². The van der Waals surface area contributed by atoms with Crippen LogP contribution >= 0.6 is 23.5 Å². The second kappa shape index (κ2) is 8.48. The van der Waals surface area contributed by atoms with Gasteiger partial charge in [-0.3, -0.25) is 9.59 Å². The Morgan fingerprint density at radius 3 is 3.00 bits per heavy atom. The van der Waals surface area contributed by atoms with Gasteiger partial charge in [0.25, 0.3) is 0 Å². The van der Waals surface area contributed by atoms with Crippen LogP contribution in [0, 0.1) is 6.92 Å². The van der Waals surface area contributed by atoms with E-state index in [-0.39, 0.29) is 18.4 Å². The van der Waals surface area contributed by atoms with Gasteiger partial charge >= 0.3 is 5.97 Å². The average Bonchev–Trinajstić information content (AvgIpc) is 2.47. The number of benzene rings is 1. The third-order valence-corrected chi connectivity index (χ3v) is 5.62. The van der Waals surface area contributed by atoms with Crippen LogP contribution < -0.4 is 0 Å². The molecule has 1 aromatic carbocycles. The van der Waals surface area contributed by atoms with Gasteiger partial charge < -0.3 is 10.0 Å². The molecule has 22 heavy (non-hydrogen) atoms. The molecule has 1 saturated heterocycles. The summed E-state index contributed by atoms with van der Waals surface area (Å²) in [4.78, 5) is 25.0. The van der Waals surface area contributed by atoms with Crippen molar-refractivity contribution < 1.29 is 14.7 Å². The SMILES string of the molecule is Cc1cccc(CSCC(=O)N2CCSCC2CC(=O)O)c1.